The minimum Gasteiger partial charge on any atom is -0.457 e. The lowest BCUT2D eigenvalue weighted by Gasteiger charge is -2.08. The summed E-state index contributed by atoms with van der Waals surface area (Å²) in [5.41, 5.74) is 0.546. The van der Waals surface area contributed by atoms with Crippen LogP contribution in [0.3, 0.4) is 0 Å². The molecule has 0 aromatic heterocycles. The summed E-state index contributed by atoms with van der Waals surface area (Å²) in [5.74, 6) is -0.667. The largest absolute Gasteiger partial charge is 0.457 e. The van der Waals surface area contributed by atoms with E-state index < -0.39 is 0 Å². The summed E-state index contributed by atoms with van der Waals surface area (Å²) in [4.78, 5) is 23.1. The van der Waals surface area contributed by atoms with Crippen molar-refractivity contribution in [2.45, 2.75) is 20.3 Å². The quantitative estimate of drug-likeness (QED) is 0.619. The zero-order valence-electron chi connectivity index (χ0n) is 9.90. The maximum Gasteiger partial charge on any atom is 0.309 e. The number of ketones is 1. The molecule has 1 aromatic rings. The zero-order chi connectivity index (χ0) is 12.8. The van der Waals surface area contributed by atoms with Crippen molar-refractivity contribution in [2.24, 2.45) is 5.92 Å². The number of Topliss-reactive ketones (excluding diaryl/α,β-unsaturated/α-hetero) is 1. The van der Waals surface area contributed by atoms with Crippen molar-refractivity contribution in [2.75, 3.05) is 6.61 Å². The maximum atomic E-state index is 11.7. The minimum atomic E-state index is -0.321. The van der Waals surface area contributed by atoms with Crippen molar-refractivity contribution in [1.82, 2.24) is 0 Å². The Bertz CT molecular complexity index is 398. The molecule has 0 N–H and O–H groups in total. The highest BCUT2D eigenvalue weighted by molar-refractivity contribution is 9.10. The second-order valence-electron chi connectivity index (χ2n) is 3.85. The first-order valence-electron chi connectivity index (χ1n) is 5.50. The second kappa shape index (κ2) is 6.55. The SMILES string of the molecule is CC[C@H](C)C(=O)OCC(=O)c1ccc(Br)cc1. The molecular weight excluding hydrogens is 284 g/mol. The number of ether oxygens (including phenoxy) is 1. The van der Waals surface area contributed by atoms with E-state index in [1.165, 1.54) is 0 Å². The van der Waals surface area contributed by atoms with Crippen molar-refractivity contribution < 1.29 is 14.3 Å². The second-order valence-corrected chi connectivity index (χ2v) is 4.76. The van der Waals surface area contributed by atoms with E-state index in [1.807, 2.05) is 6.92 Å². The lowest BCUT2D eigenvalue weighted by molar-refractivity contribution is -0.146. The van der Waals surface area contributed by atoms with E-state index in [9.17, 15) is 9.59 Å². The van der Waals surface area contributed by atoms with Gasteiger partial charge in [0.1, 0.15) is 0 Å². The molecule has 1 atom stereocenters. The Balaban J connectivity index is 2.50. The standard InChI is InChI=1S/C13H15BrO3/c1-3-9(2)13(16)17-8-12(15)10-4-6-11(14)7-5-10/h4-7,9H,3,8H2,1-2H3/t9-/m0/s1. The molecule has 0 radical (unpaired) electrons. The van der Waals surface area contributed by atoms with Crippen LogP contribution in [-0.4, -0.2) is 18.4 Å². The van der Waals surface area contributed by atoms with E-state index >= 15 is 0 Å². The van der Waals surface area contributed by atoms with Gasteiger partial charge in [0.15, 0.2) is 12.4 Å². The van der Waals surface area contributed by atoms with Crippen LogP contribution < -0.4 is 0 Å². The highest BCUT2D eigenvalue weighted by Crippen LogP contribution is 2.11. The number of benzene rings is 1. The molecule has 0 saturated carbocycles. The maximum absolute atomic E-state index is 11.7. The smallest absolute Gasteiger partial charge is 0.309 e. The Morgan fingerprint density at radius 2 is 1.88 bits per heavy atom. The molecule has 0 amide bonds. The third-order valence-electron chi connectivity index (χ3n) is 2.53. The monoisotopic (exact) mass is 298 g/mol. The number of rotatable bonds is 5. The van der Waals surface area contributed by atoms with Crippen molar-refractivity contribution in [3.05, 3.63) is 34.3 Å². The molecule has 1 rings (SSSR count). The van der Waals surface area contributed by atoms with Gasteiger partial charge >= 0.3 is 5.97 Å². The van der Waals surface area contributed by atoms with Gasteiger partial charge in [0.2, 0.25) is 0 Å². The molecule has 0 unspecified atom stereocenters. The van der Waals surface area contributed by atoms with E-state index in [1.54, 1.807) is 31.2 Å². The van der Waals surface area contributed by atoms with Crippen molar-refractivity contribution in [3.8, 4) is 0 Å². The molecule has 0 bridgehead atoms. The summed E-state index contributed by atoms with van der Waals surface area (Å²) < 4.78 is 5.85. The summed E-state index contributed by atoms with van der Waals surface area (Å²) in [6.45, 7) is 3.50. The first-order valence-corrected chi connectivity index (χ1v) is 6.29. The molecule has 0 aliphatic carbocycles. The number of halogens is 1. The summed E-state index contributed by atoms with van der Waals surface area (Å²) in [6.07, 6.45) is 0.714. The van der Waals surface area contributed by atoms with Gasteiger partial charge in [-0.15, -0.1) is 0 Å². The molecular formula is C13H15BrO3. The van der Waals surface area contributed by atoms with Crippen LogP contribution in [0.4, 0.5) is 0 Å². The van der Waals surface area contributed by atoms with E-state index in [-0.39, 0.29) is 24.3 Å². The van der Waals surface area contributed by atoms with Crippen LogP contribution in [-0.2, 0) is 9.53 Å². The first kappa shape index (κ1) is 13.9. The lowest BCUT2D eigenvalue weighted by Crippen LogP contribution is -2.19. The van der Waals surface area contributed by atoms with Crippen LogP contribution in [0.1, 0.15) is 30.6 Å². The van der Waals surface area contributed by atoms with Crippen LogP contribution in [0.15, 0.2) is 28.7 Å². The van der Waals surface area contributed by atoms with E-state index in [4.69, 9.17) is 4.74 Å². The highest BCUT2D eigenvalue weighted by Gasteiger charge is 2.14. The molecule has 3 nitrogen and oxygen atoms in total. The summed E-state index contributed by atoms with van der Waals surface area (Å²) in [7, 11) is 0. The van der Waals surface area contributed by atoms with E-state index in [0.29, 0.717) is 12.0 Å². The molecule has 17 heavy (non-hydrogen) atoms. The number of hydrogen-bond acceptors (Lipinski definition) is 3. The Morgan fingerprint density at radius 1 is 1.29 bits per heavy atom. The fraction of sp³-hybridized carbons (Fsp3) is 0.385. The number of esters is 1. The first-order chi connectivity index (χ1) is 8.04. The van der Waals surface area contributed by atoms with Gasteiger partial charge in [-0.3, -0.25) is 9.59 Å². The van der Waals surface area contributed by atoms with E-state index in [2.05, 4.69) is 15.9 Å². The molecule has 92 valence electrons. The topological polar surface area (TPSA) is 43.4 Å². The van der Waals surface area contributed by atoms with Crippen LogP contribution in [0.25, 0.3) is 0 Å². The number of hydrogen-bond donors (Lipinski definition) is 0. The highest BCUT2D eigenvalue weighted by atomic mass is 79.9. The fourth-order valence-electron chi connectivity index (χ4n) is 1.16. The summed E-state index contributed by atoms with van der Waals surface area (Å²) in [5, 5.41) is 0. The van der Waals surface area contributed by atoms with Crippen molar-refractivity contribution >= 4 is 27.7 Å². The van der Waals surface area contributed by atoms with Gasteiger partial charge in [-0.05, 0) is 18.6 Å². The Morgan fingerprint density at radius 3 is 2.41 bits per heavy atom. The van der Waals surface area contributed by atoms with Gasteiger partial charge in [-0.25, -0.2) is 0 Å². The molecule has 0 saturated heterocycles. The number of carbonyl (C=O) groups excluding carboxylic acids is 2. The van der Waals surface area contributed by atoms with Crippen LogP contribution in [0, 0.1) is 5.92 Å². The van der Waals surface area contributed by atoms with Gasteiger partial charge in [-0.1, -0.05) is 41.9 Å². The molecule has 0 fully saturated rings. The summed E-state index contributed by atoms with van der Waals surface area (Å²) in [6, 6.07) is 6.96. The Kier molecular flexibility index (Phi) is 5.35. The third kappa shape index (κ3) is 4.30. The van der Waals surface area contributed by atoms with Crippen LogP contribution in [0.5, 0.6) is 0 Å². The molecule has 0 spiro atoms. The predicted octanol–water partition coefficient (Wildman–Crippen LogP) is 3.22. The molecule has 1 aromatic carbocycles. The average molecular weight is 299 g/mol. The Labute approximate surface area is 109 Å². The minimum absolute atomic E-state index is 0.160. The van der Waals surface area contributed by atoms with Crippen molar-refractivity contribution in [3.63, 3.8) is 0 Å². The zero-order valence-corrected chi connectivity index (χ0v) is 11.5. The third-order valence-corrected chi connectivity index (χ3v) is 3.06. The molecule has 0 aliphatic heterocycles. The summed E-state index contributed by atoms with van der Waals surface area (Å²) >= 11 is 3.29. The Hall–Kier alpha value is -1.16. The number of carbonyl (C=O) groups is 2. The molecule has 0 aliphatic rings. The van der Waals surface area contributed by atoms with Crippen molar-refractivity contribution in [1.29, 1.82) is 0 Å². The lowest BCUT2D eigenvalue weighted by atomic mass is 10.1. The van der Waals surface area contributed by atoms with Crippen LogP contribution in [0.2, 0.25) is 0 Å². The van der Waals surface area contributed by atoms with Gasteiger partial charge < -0.3 is 4.74 Å². The van der Waals surface area contributed by atoms with Gasteiger partial charge in [0.05, 0.1) is 5.92 Å². The predicted molar refractivity (Wildman–Crippen MR) is 68.9 cm³/mol. The van der Waals surface area contributed by atoms with E-state index in [0.717, 1.165) is 4.47 Å². The van der Waals surface area contributed by atoms with Gasteiger partial charge in [0, 0.05) is 10.0 Å². The van der Waals surface area contributed by atoms with Crippen LogP contribution >= 0.6 is 15.9 Å². The fourth-order valence-corrected chi connectivity index (χ4v) is 1.43. The average Bonchev–Trinajstić information content (AvgIpc) is 2.35. The normalized spacial score (nSPS) is 11.9. The van der Waals surface area contributed by atoms with Gasteiger partial charge in [-0.2, -0.15) is 0 Å². The molecule has 0 heterocycles. The molecule has 4 heteroatoms. The van der Waals surface area contributed by atoms with Gasteiger partial charge in [0.25, 0.3) is 0 Å².